The number of ether oxygens (including phenoxy) is 1. The molecule has 31 heavy (non-hydrogen) atoms. The zero-order chi connectivity index (χ0) is 20.9. The predicted molar refractivity (Wildman–Crippen MR) is 124 cm³/mol. The second-order valence-corrected chi connectivity index (χ2v) is 7.14. The lowest BCUT2D eigenvalue weighted by Gasteiger charge is -2.06. The van der Waals surface area contributed by atoms with Crippen LogP contribution in [0.5, 0.6) is 5.75 Å². The first-order chi connectivity index (χ1) is 15.3. The standard InChI is InChI=1S/C27H20N2O2/c1-3-7-21(8-4-1)19-30-24-14-11-20(12-15-24)18-28-23-13-16-26-25(17-23)29-27(31-26)22-9-5-2-6-10-22/h1-18H,19H2. The normalized spacial score (nSPS) is 11.2. The van der Waals surface area contributed by atoms with Gasteiger partial charge in [-0.1, -0.05) is 48.5 Å². The molecule has 0 fully saturated rings. The van der Waals surface area contributed by atoms with Crippen LogP contribution in [0.25, 0.3) is 22.6 Å². The minimum absolute atomic E-state index is 0.553. The third-order valence-corrected chi connectivity index (χ3v) is 4.88. The summed E-state index contributed by atoms with van der Waals surface area (Å²) in [7, 11) is 0. The molecule has 0 spiro atoms. The summed E-state index contributed by atoms with van der Waals surface area (Å²) in [6.07, 6.45) is 1.83. The fraction of sp³-hybridized carbons (Fsp3) is 0.0370. The summed E-state index contributed by atoms with van der Waals surface area (Å²) in [6, 6.07) is 33.7. The molecule has 4 nitrogen and oxygen atoms in total. The Morgan fingerprint density at radius 2 is 1.55 bits per heavy atom. The van der Waals surface area contributed by atoms with Crippen molar-refractivity contribution in [2.24, 2.45) is 4.99 Å². The molecule has 0 bridgehead atoms. The van der Waals surface area contributed by atoms with Gasteiger partial charge in [-0.25, -0.2) is 4.98 Å². The molecule has 0 N–H and O–H groups in total. The van der Waals surface area contributed by atoms with E-state index in [2.05, 4.69) is 22.1 Å². The Balaban J connectivity index is 1.27. The van der Waals surface area contributed by atoms with Gasteiger partial charge in [-0.05, 0) is 65.7 Å². The first-order valence-electron chi connectivity index (χ1n) is 10.1. The maximum atomic E-state index is 5.86. The number of fused-ring (bicyclic) bond motifs is 1. The van der Waals surface area contributed by atoms with E-state index in [0.717, 1.165) is 39.2 Å². The third-order valence-electron chi connectivity index (χ3n) is 4.88. The molecule has 5 rings (SSSR count). The smallest absolute Gasteiger partial charge is 0.227 e. The van der Waals surface area contributed by atoms with E-state index in [-0.39, 0.29) is 0 Å². The molecule has 0 saturated heterocycles. The maximum absolute atomic E-state index is 5.86. The quantitative estimate of drug-likeness (QED) is 0.292. The Morgan fingerprint density at radius 1 is 0.806 bits per heavy atom. The Labute approximate surface area is 180 Å². The van der Waals surface area contributed by atoms with Gasteiger partial charge in [0, 0.05) is 11.8 Å². The first kappa shape index (κ1) is 18.8. The van der Waals surface area contributed by atoms with Gasteiger partial charge >= 0.3 is 0 Å². The predicted octanol–water partition coefficient (Wildman–Crippen LogP) is 6.82. The highest BCUT2D eigenvalue weighted by Crippen LogP contribution is 2.27. The molecule has 0 amide bonds. The van der Waals surface area contributed by atoms with Crippen LogP contribution in [0.3, 0.4) is 0 Å². The molecule has 4 aromatic carbocycles. The van der Waals surface area contributed by atoms with Crippen molar-refractivity contribution in [2.75, 3.05) is 0 Å². The van der Waals surface area contributed by atoms with Crippen LogP contribution in [0.2, 0.25) is 0 Å². The van der Waals surface area contributed by atoms with Crippen molar-refractivity contribution in [1.29, 1.82) is 0 Å². The van der Waals surface area contributed by atoms with Crippen LogP contribution in [0.1, 0.15) is 11.1 Å². The summed E-state index contributed by atoms with van der Waals surface area (Å²) in [5, 5.41) is 0. The van der Waals surface area contributed by atoms with Crippen LogP contribution >= 0.6 is 0 Å². The number of hydrogen-bond donors (Lipinski definition) is 0. The summed E-state index contributed by atoms with van der Waals surface area (Å²) in [6.45, 7) is 0.553. The highest BCUT2D eigenvalue weighted by molar-refractivity contribution is 5.84. The molecule has 0 radical (unpaired) electrons. The van der Waals surface area contributed by atoms with Crippen molar-refractivity contribution in [3.63, 3.8) is 0 Å². The maximum Gasteiger partial charge on any atom is 0.227 e. The van der Waals surface area contributed by atoms with Crippen LogP contribution in [0, 0.1) is 0 Å². The average Bonchev–Trinajstić information content (AvgIpc) is 3.27. The number of oxazole rings is 1. The van der Waals surface area contributed by atoms with E-state index in [4.69, 9.17) is 9.15 Å². The lowest BCUT2D eigenvalue weighted by Crippen LogP contribution is -1.94. The zero-order valence-corrected chi connectivity index (χ0v) is 16.8. The Kier molecular flexibility index (Phi) is 5.27. The molecule has 4 heteroatoms. The topological polar surface area (TPSA) is 47.6 Å². The molecule has 0 aliphatic rings. The van der Waals surface area contributed by atoms with E-state index in [9.17, 15) is 0 Å². The van der Waals surface area contributed by atoms with Crippen LogP contribution in [0.15, 0.2) is 113 Å². The Hall–Kier alpha value is -4.18. The molecule has 0 aliphatic heterocycles. The van der Waals surface area contributed by atoms with Crippen molar-refractivity contribution in [3.05, 3.63) is 114 Å². The van der Waals surface area contributed by atoms with Crippen LogP contribution in [0.4, 0.5) is 5.69 Å². The number of hydrogen-bond acceptors (Lipinski definition) is 4. The number of benzene rings is 4. The summed E-state index contributed by atoms with van der Waals surface area (Å²) in [5.74, 6) is 1.45. The summed E-state index contributed by atoms with van der Waals surface area (Å²) in [5.41, 5.74) is 5.46. The minimum atomic E-state index is 0.553. The van der Waals surface area contributed by atoms with Gasteiger partial charge in [-0.2, -0.15) is 0 Å². The van der Waals surface area contributed by atoms with E-state index < -0.39 is 0 Å². The summed E-state index contributed by atoms with van der Waals surface area (Å²) >= 11 is 0. The SMILES string of the molecule is C(=Nc1ccc2oc(-c3ccccc3)nc2c1)c1ccc(OCc2ccccc2)cc1. The lowest BCUT2D eigenvalue weighted by molar-refractivity contribution is 0.306. The van der Waals surface area contributed by atoms with Gasteiger partial charge in [-0.15, -0.1) is 0 Å². The van der Waals surface area contributed by atoms with Crippen molar-refractivity contribution >= 4 is 23.0 Å². The Morgan fingerprint density at radius 3 is 2.32 bits per heavy atom. The third kappa shape index (κ3) is 4.54. The van der Waals surface area contributed by atoms with Gasteiger partial charge in [0.2, 0.25) is 5.89 Å². The van der Waals surface area contributed by atoms with Crippen LogP contribution in [-0.4, -0.2) is 11.2 Å². The van der Waals surface area contributed by atoms with E-state index in [1.54, 1.807) is 0 Å². The second-order valence-electron chi connectivity index (χ2n) is 7.14. The molecule has 1 aromatic heterocycles. The Bertz CT molecular complexity index is 1310. The number of rotatable bonds is 6. The van der Waals surface area contributed by atoms with Gasteiger partial charge in [0.1, 0.15) is 17.9 Å². The van der Waals surface area contributed by atoms with Crippen molar-refractivity contribution in [3.8, 4) is 17.2 Å². The monoisotopic (exact) mass is 404 g/mol. The summed E-state index contributed by atoms with van der Waals surface area (Å²) in [4.78, 5) is 9.18. The van der Waals surface area contributed by atoms with Crippen LogP contribution in [-0.2, 0) is 6.61 Å². The first-order valence-corrected chi connectivity index (χ1v) is 10.1. The zero-order valence-electron chi connectivity index (χ0n) is 16.8. The van der Waals surface area contributed by atoms with Gasteiger partial charge in [0.05, 0.1) is 5.69 Å². The fourth-order valence-electron chi connectivity index (χ4n) is 3.24. The fourth-order valence-corrected chi connectivity index (χ4v) is 3.24. The number of aliphatic imine (C=N–C) groups is 1. The minimum Gasteiger partial charge on any atom is -0.489 e. The van der Waals surface area contributed by atoms with Crippen LogP contribution < -0.4 is 4.74 Å². The molecule has 0 saturated carbocycles. The highest BCUT2D eigenvalue weighted by Gasteiger charge is 2.08. The molecule has 5 aromatic rings. The van der Waals surface area contributed by atoms with Crippen molar-refractivity contribution in [2.45, 2.75) is 6.61 Å². The van der Waals surface area contributed by atoms with Gasteiger partial charge in [0.15, 0.2) is 5.58 Å². The number of aromatic nitrogens is 1. The van der Waals surface area contributed by atoms with E-state index >= 15 is 0 Å². The summed E-state index contributed by atoms with van der Waals surface area (Å²) < 4.78 is 11.7. The highest BCUT2D eigenvalue weighted by atomic mass is 16.5. The molecule has 0 aliphatic carbocycles. The van der Waals surface area contributed by atoms with E-state index in [1.165, 1.54) is 0 Å². The van der Waals surface area contributed by atoms with Gasteiger partial charge < -0.3 is 9.15 Å². The molecular formula is C27H20N2O2. The average molecular weight is 404 g/mol. The molecular weight excluding hydrogens is 384 g/mol. The molecule has 150 valence electrons. The lowest BCUT2D eigenvalue weighted by atomic mass is 10.2. The van der Waals surface area contributed by atoms with Crippen molar-refractivity contribution < 1.29 is 9.15 Å². The molecule has 1 heterocycles. The second kappa shape index (κ2) is 8.67. The van der Waals surface area contributed by atoms with Crippen molar-refractivity contribution in [1.82, 2.24) is 4.98 Å². The molecule has 0 unspecified atom stereocenters. The van der Waals surface area contributed by atoms with E-state index in [0.29, 0.717) is 12.5 Å². The van der Waals surface area contributed by atoms with E-state index in [1.807, 2.05) is 97.2 Å². The van der Waals surface area contributed by atoms with Gasteiger partial charge in [0.25, 0.3) is 0 Å². The van der Waals surface area contributed by atoms with Gasteiger partial charge in [-0.3, -0.25) is 4.99 Å². The molecule has 0 atom stereocenters. The largest absolute Gasteiger partial charge is 0.489 e. The number of nitrogens with zero attached hydrogens (tertiary/aromatic N) is 2.